The number of fused-ring (bicyclic) bond motifs is 1. The van der Waals surface area contributed by atoms with Gasteiger partial charge in [-0.2, -0.15) is 5.10 Å². The maximum atomic E-state index is 11.9. The van der Waals surface area contributed by atoms with E-state index in [1.807, 2.05) is 43.5 Å². The van der Waals surface area contributed by atoms with Gasteiger partial charge in [0, 0.05) is 28.4 Å². The van der Waals surface area contributed by atoms with Crippen molar-refractivity contribution in [2.75, 3.05) is 0 Å². The number of aryl methyl sites for hydroxylation is 2. The Morgan fingerprint density at radius 3 is 3.00 bits per heavy atom. The molecule has 0 saturated carbocycles. The molecule has 0 unspecified atom stereocenters. The van der Waals surface area contributed by atoms with Crippen molar-refractivity contribution < 1.29 is 9.21 Å². The van der Waals surface area contributed by atoms with E-state index in [2.05, 4.69) is 15.5 Å². The zero-order valence-corrected chi connectivity index (χ0v) is 13.8. The van der Waals surface area contributed by atoms with E-state index in [-0.39, 0.29) is 12.3 Å². The van der Waals surface area contributed by atoms with Crippen molar-refractivity contribution in [3.8, 4) is 0 Å². The summed E-state index contributed by atoms with van der Waals surface area (Å²) in [5, 5.41) is 7.78. The van der Waals surface area contributed by atoms with Crippen LogP contribution >= 0.6 is 11.3 Å². The highest BCUT2D eigenvalue weighted by molar-refractivity contribution is 7.09. The monoisotopic (exact) mass is 327 g/mol. The van der Waals surface area contributed by atoms with E-state index >= 15 is 0 Å². The van der Waals surface area contributed by atoms with Crippen LogP contribution in [0.2, 0.25) is 0 Å². The van der Waals surface area contributed by atoms with E-state index in [1.165, 1.54) is 11.3 Å². The van der Waals surface area contributed by atoms with E-state index < -0.39 is 0 Å². The topological polar surface area (TPSA) is 67.5 Å². The number of aromatic nitrogens is 1. The molecule has 118 valence electrons. The number of para-hydroxylation sites is 1. The van der Waals surface area contributed by atoms with Gasteiger partial charge in [0.25, 0.3) is 0 Å². The maximum Gasteiger partial charge on any atom is 0.246 e. The lowest BCUT2D eigenvalue weighted by atomic mass is 10.1. The lowest BCUT2D eigenvalue weighted by Gasteiger charge is -1.97. The summed E-state index contributed by atoms with van der Waals surface area (Å²) in [4.78, 5) is 16.2. The van der Waals surface area contributed by atoms with Gasteiger partial charge in [0.1, 0.15) is 16.4 Å². The predicted molar refractivity (Wildman–Crippen MR) is 91.9 cm³/mol. The molecule has 1 N–H and O–H groups in total. The number of hydrazone groups is 1. The number of thiazole rings is 1. The Hall–Kier alpha value is -2.47. The summed E-state index contributed by atoms with van der Waals surface area (Å²) >= 11 is 1.48. The summed E-state index contributed by atoms with van der Waals surface area (Å²) in [5.41, 5.74) is 5.22. The first-order chi connectivity index (χ1) is 11.2. The van der Waals surface area contributed by atoms with Crippen LogP contribution in [0.25, 0.3) is 11.0 Å². The first-order valence-electron chi connectivity index (χ1n) is 7.40. The van der Waals surface area contributed by atoms with Crippen molar-refractivity contribution in [1.82, 2.24) is 10.4 Å². The Balaban J connectivity index is 1.71. The van der Waals surface area contributed by atoms with Crippen molar-refractivity contribution in [1.29, 1.82) is 0 Å². The third-order valence-electron chi connectivity index (χ3n) is 3.39. The van der Waals surface area contributed by atoms with Crippen LogP contribution in [0.15, 0.2) is 39.2 Å². The van der Waals surface area contributed by atoms with Crippen molar-refractivity contribution in [3.63, 3.8) is 0 Å². The second-order valence-corrected chi connectivity index (χ2v) is 6.08. The van der Waals surface area contributed by atoms with Crippen molar-refractivity contribution in [3.05, 3.63) is 51.7 Å². The number of benzene rings is 1. The van der Waals surface area contributed by atoms with Gasteiger partial charge in [-0.3, -0.25) is 4.79 Å². The molecule has 1 amide bonds. The molecule has 0 radical (unpaired) electrons. The van der Waals surface area contributed by atoms with Crippen molar-refractivity contribution >= 4 is 34.4 Å². The molecule has 6 heteroatoms. The number of furan rings is 1. The molecule has 0 saturated heterocycles. The van der Waals surface area contributed by atoms with Gasteiger partial charge < -0.3 is 4.42 Å². The van der Waals surface area contributed by atoms with Crippen LogP contribution in [0.5, 0.6) is 0 Å². The fourth-order valence-electron chi connectivity index (χ4n) is 2.35. The largest absolute Gasteiger partial charge is 0.460 e. The van der Waals surface area contributed by atoms with Gasteiger partial charge in [-0.05, 0) is 13.0 Å². The van der Waals surface area contributed by atoms with Crippen LogP contribution in [-0.2, 0) is 17.6 Å². The first-order valence-corrected chi connectivity index (χ1v) is 8.28. The maximum absolute atomic E-state index is 11.9. The standard InChI is InChI=1S/C17H17N3O2S/c1-3-14-13(12-6-4-5-7-15(12)22-14)9-18-20-16(21)8-17-19-11(2)10-23-17/h4-7,9-10H,3,8H2,1-2H3,(H,20,21)/b18-9-. The molecule has 0 aliphatic rings. The minimum atomic E-state index is -0.179. The summed E-state index contributed by atoms with van der Waals surface area (Å²) in [7, 11) is 0. The average molecular weight is 327 g/mol. The summed E-state index contributed by atoms with van der Waals surface area (Å²) in [6.07, 6.45) is 2.65. The van der Waals surface area contributed by atoms with E-state index in [9.17, 15) is 4.79 Å². The molecule has 0 bridgehead atoms. The van der Waals surface area contributed by atoms with E-state index in [0.717, 1.165) is 39.4 Å². The molecule has 3 rings (SSSR count). The smallest absolute Gasteiger partial charge is 0.246 e. The van der Waals surface area contributed by atoms with Crippen LogP contribution in [0.4, 0.5) is 0 Å². The van der Waals surface area contributed by atoms with Gasteiger partial charge in [-0.25, -0.2) is 10.4 Å². The normalized spacial score (nSPS) is 11.4. The number of carbonyl (C=O) groups is 1. The van der Waals surface area contributed by atoms with Crippen LogP contribution in [0.1, 0.15) is 28.9 Å². The molecule has 5 nitrogen and oxygen atoms in total. The molecule has 1 aromatic carbocycles. The highest BCUT2D eigenvalue weighted by atomic mass is 32.1. The molecular formula is C17H17N3O2S. The Morgan fingerprint density at radius 2 is 2.26 bits per heavy atom. The summed E-state index contributed by atoms with van der Waals surface area (Å²) in [6, 6.07) is 7.80. The Labute approximate surface area is 138 Å². The molecule has 2 heterocycles. The van der Waals surface area contributed by atoms with Gasteiger partial charge in [-0.15, -0.1) is 11.3 Å². The minimum Gasteiger partial charge on any atom is -0.460 e. The Morgan fingerprint density at radius 1 is 1.43 bits per heavy atom. The molecule has 0 aliphatic heterocycles. The summed E-state index contributed by atoms with van der Waals surface area (Å²) in [5.74, 6) is 0.682. The molecular weight excluding hydrogens is 310 g/mol. The van der Waals surface area contributed by atoms with Crippen molar-refractivity contribution in [2.24, 2.45) is 5.10 Å². The predicted octanol–water partition coefficient (Wildman–Crippen LogP) is 3.45. The Kier molecular flexibility index (Phi) is 4.52. The van der Waals surface area contributed by atoms with Crippen molar-refractivity contribution in [2.45, 2.75) is 26.7 Å². The molecule has 2 aromatic heterocycles. The second kappa shape index (κ2) is 6.75. The van der Waals surface area contributed by atoms with Crippen LogP contribution in [0.3, 0.4) is 0 Å². The fraction of sp³-hybridized carbons (Fsp3) is 0.235. The zero-order chi connectivity index (χ0) is 16.2. The third-order valence-corrected chi connectivity index (χ3v) is 4.36. The first kappa shape index (κ1) is 15.4. The van der Waals surface area contributed by atoms with Gasteiger partial charge in [-0.1, -0.05) is 25.1 Å². The van der Waals surface area contributed by atoms with Gasteiger partial charge in [0.05, 0.1) is 12.6 Å². The fourth-order valence-corrected chi connectivity index (χ4v) is 3.12. The number of nitrogens with zero attached hydrogens (tertiary/aromatic N) is 2. The van der Waals surface area contributed by atoms with E-state index in [1.54, 1.807) is 6.21 Å². The second-order valence-electron chi connectivity index (χ2n) is 5.14. The van der Waals surface area contributed by atoms with Gasteiger partial charge in [0.2, 0.25) is 5.91 Å². The quantitative estimate of drug-likeness (QED) is 0.576. The minimum absolute atomic E-state index is 0.179. The van der Waals surface area contributed by atoms with E-state index in [4.69, 9.17) is 4.42 Å². The zero-order valence-electron chi connectivity index (χ0n) is 13.0. The summed E-state index contributed by atoms with van der Waals surface area (Å²) in [6.45, 7) is 3.94. The number of hydrogen-bond acceptors (Lipinski definition) is 5. The number of rotatable bonds is 5. The van der Waals surface area contributed by atoms with Crippen LogP contribution in [0, 0.1) is 6.92 Å². The lowest BCUT2D eigenvalue weighted by molar-refractivity contribution is -0.120. The van der Waals surface area contributed by atoms with E-state index in [0.29, 0.717) is 0 Å². The molecule has 0 fully saturated rings. The summed E-state index contributed by atoms with van der Waals surface area (Å²) < 4.78 is 5.79. The molecule has 0 spiro atoms. The number of hydrogen-bond donors (Lipinski definition) is 1. The molecule has 0 aliphatic carbocycles. The number of amides is 1. The third kappa shape index (κ3) is 3.48. The van der Waals surface area contributed by atoms with Gasteiger partial charge >= 0.3 is 0 Å². The average Bonchev–Trinajstić information content (AvgIpc) is 3.11. The molecule has 3 aromatic rings. The number of nitrogens with one attached hydrogen (secondary N) is 1. The number of carbonyl (C=O) groups excluding carboxylic acids is 1. The highest BCUT2D eigenvalue weighted by Crippen LogP contribution is 2.24. The van der Waals surface area contributed by atoms with Gasteiger partial charge in [0.15, 0.2) is 0 Å². The lowest BCUT2D eigenvalue weighted by Crippen LogP contribution is -2.19. The SMILES string of the molecule is CCc1oc2ccccc2c1/C=N\NC(=O)Cc1nc(C)cs1. The highest BCUT2D eigenvalue weighted by Gasteiger charge is 2.11. The Bertz CT molecular complexity index is 864. The van der Waals surface area contributed by atoms with Crippen LogP contribution in [-0.4, -0.2) is 17.1 Å². The molecule has 23 heavy (non-hydrogen) atoms. The molecule has 0 atom stereocenters. The van der Waals surface area contributed by atoms with Crippen LogP contribution < -0.4 is 5.43 Å².